The summed E-state index contributed by atoms with van der Waals surface area (Å²) in [4.78, 5) is 6.78. The van der Waals surface area contributed by atoms with Crippen LogP contribution in [0.15, 0.2) is 132 Å². The minimum Gasteiger partial charge on any atom is -0.456 e. The first kappa shape index (κ1) is 42.6. The van der Waals surface area contributed by atoms with Crippen molar-refractivity contribution in [3.05, 3.63) is 150 Å². The van der Waals surface area contributed by atoms with Crippen LogP contribution in [0.3, 0.4) is 0 Å². The van der Waals surface area contributed by atoms with E-state index in [0.717, 1.165) is 34.0 Å². The molecule has 2 atom stereocenters. The topological polar surface area (TPSA) is 24.6 Å². The highest BCUT2D eigenvalue weighted by Gasteiger charge is 2.58. The molecule has 6 heterocycles. The van der Waals surface area contributed by atoms with Gasteiger partial charge in [0.15, 0.2) is 0 Å². The van der Waals surface area contributed by atoms with Crippen molar-refractivity contribution in [3.63, 3.8) is 0 Å². The third kappa shape index (κ3) is 5.49. The van der Waals surface area contributed by atoms with E-state index >= 15 is 0 Å². The van der Waals surface area contributed by atoms with E-state index in [9.17, 15) is 0 Å². The number of fused-ring (bicyclic) bond motifs is 15. The molecule has 0 saturated heterocycles. The summed E-state index contributed by atoms with van der Waals surface area (Å²) in [5, 5.41) is 6.38. The van der Waals surface area contributed by atoms with Gasteiger partial charge < -0.3 is 18.8 Å². The van der Waals surface area contributed by atoms with Gasteiger partial charge >= 0.3 is 0 Å². The van der Waals surface area contributed by atoms with Crippen molar-refractivity contribution in [2.75, 3.05) is 9.80 Å². The van der Waals surface area contributed by atoms with Gasteiger partial charge in [-0.15, -0.1) is 11.3 Å². The van der Waals surface area contributed by atoms with E-state index in [1.54, 1.807) is 0 Å². The molecule has 3 aliphatic heterocycles. The molecule has 1 saturated carbocycles. The fraction of sp³-hybridized carbons (Fsp3) is 0.312. The number of thiophene rings is 1. The molecule has 348 valence electrons. The second-order valence-corrected chi connectivity index (χ2v) is 25.9. The molecule has 4 aliphatic rings. The Hall–Kier alpha value is -6.24. The average Bonchev–Trinajstić information content (AvgIpc) is 4.04. The Labute approximate surface area is 417 Å². The van der Waals surface area contributed by atoms with Gasteiger partial charge in [-0.3, -0.25) is 0 Å². The third-order valence-corrected chi connectivity index (χ3v) is 18.9. The number of rotatable bonds is 2. The monoisotopic (exact) mass is 931 g/mol. The van der Waals surface area contributed by atoms with Gasteiger partial charge in [0.2, 0.25) is 0 Å². The van der Waals surface area contributed by atoms with Gasteiger partial charge in [-0.05, 0) is 135 Å². The first-order valence-corrected chi connectivity index (χ1v) is 26.7. The lowest BCUT2D eigenvalue weighted by Crippen LogP contribution is -2.61. The second kappa shape index (κ2) is 13.8. The van der Waals surface area contributed by atoms with E-state index in [1.165, 1.54) is 118 Å². The zero-order valence-electron chi connectivity index (χ0n) is 42.7. The number of hydrogen-bond acceptors (Lipinski definition) is 4. The number of furan rings is 1. The standard InChI is InChI=1S/C64H62BN3OS/c1-60(2,3)37-25-28-47-44(32-37)63(10)29-16-17-30-64(63,11)68(47)40-26-27-45-49(36-40)66(48-21-18-23-53-56(48)41-19-12-14-22-52(41)69-53)50-34-39(62(7,8)9)35-51-57(50)65(45)46-33-38(61(4,5)6)31-43-55-42-20-13-15-24-54(42)70-59(55)67(51)58(43)46/h12-15,18-28,31-36H,16-17,29-30H2,1-11H3. The summed E-state index contributed by atoms with van der Waals surface area (Å²) in [6.07, 6.45) is 4.82. The maximum Gasteiger partial charge on any atom is 0.252 e. The Morgan fingerprint density at radius 2 is 1.24 bits per heavy atom. The predicted molar refractivity (Wildman–Crippen MR) is 302 cm³/mol. The van der Waals surface area contributed by atoms with Gasteiger partial charge in [0, 0.05) is 60.1 Å². The molecule has 0 amide bonds. The normalized spacial score (nSPS) is 19.7. The summed E-state index contributed by atoms with van der Waals surface area (Å²) in [6.45, 7) is 26.5. The summed E-state index contributed by atoms with van der Waals surface area (Å²) < 4.78 is 10.8. The molecule has 0 N–H and O–H groups in total. The number of aromatic nitrogens is 1. The molecule has 1 aliphatic carbocycles. The van der Waals surface area contributed by atoms with Crippen molar-refractivity contribution in [2.24, 2.45) is 0 Å². The van der Waals surface area contributed by atoms with E-state index in [2.05, 4.69) is 218 Å². The maximum atomic E-state index is 6.74. The summed E-state index contributed by atoms with van der Waals surface area (Å²) >= 11 is 1.94. The van der Waals surface area contributed by atoms with E-state index in [0.29, 0.717) is 0 Å². The smallest absolute Gasteiger partial charge is 0.252 e. The molecule has 4 nitrogen and oxygen atoms in total. The summed E-state index contributed by atoms with van der Waals surface area (Å²) in [5.74, 6) is 0. The molecular weight excluding hydrogens is 870 g/mol. The minimum absolute atomic E-state index is 0.00271. The third-order valence-electron chi connectivity index (χ3n) is 17.8. The first-order chi connectivity index (χ1) is 33.3. The van der Waals surface area contributed by atoms with Crippen molar-refractivity contribution >= 4 is 116 Å². The van der Waals surface area contributed by atoms with E-state index < -0.39 is 0 Å². The van der Waals surface area contributed by atoms with Crippen LogP contribution in [-0.2, 0) is 21.7 Å². The van der Waals surface area contributed by atoms with Gasteiger partial charge in [-0.1, -0.05) is 149 Å². The minimum atomic E-state index is -0.129. The quantitative estimate of drug-likeness (QED) is 0.161. The van der Waals surface area contributed by atoms with Crippen molar-refractivity contribution in [3.8, 4) is 5.69 Å². The van der Waals surface area contributed by atoms with Gasteiger partial charge in [-0.25, -0.2) is 0 Å². The Morgan fingerprint density at radius 1 is 0.543 bits per heavy atom. The van der Waals surface area contributed by atoms with E-state index in [4.69, 9.17) is 4.42 Å². The largest absolute Gasteiger partial charge is 0.456 e. The van der Waals surface area contributed by atoms with Gasteiger partial charge in [0.1, 0.15) is 16.0 Å². The number of anilines is 5. The summed E-state index contributed by atoms with van der Waals surface area (Å²) in [6, 6.07) is 49.7. The SMILES string of the molecule is CC(C)(C)c1cc2c3c(c1)-n1c4sc5ccccc5c4c4cc(C(C)(C)C)cc(c41)B3c1ccc(N3c4ccc(C(C)(C)C)cc4C4(C)CCCCC34C)cc1N2c1cccc2oc3ccccc3c12. The van der Waals surface area contributed by atoms with Crippen molar-refractivity contribution in [2.45, 2.75) is 129 Å². The van der Waals surface area contributed by atoms with Crippen LogP contribution in [0.1, 0.15) is 124 Å². The molecule has 0 bridgehead atoms. The molecule has 2 unspecified atom stereocenters. The molecule has 3 aromatic heterocycles. The van der Waals surface area contributed by atoms with Gasteiger partial charge in [0.05, 0.1) is 22.1 Å². The average molecular weight is 932 g/mol. The van der Waals surface area contributed by atoms with Crippen molar-refractivity contribution in [1.29, 1.82) is 0 Å². The maximum absolute atomic E-state index is 6.74. The first-order valence-electron chi connectivity index (χ1n) is 25.8. The predicted octanol–water partition coefficient (Wildman–Crippen LogP) is 16.1. The fourth-order valence-corrected chi connectivity index (χ4v) is 15.0. The fourth-order valence-electron chi connectivity index (χ4n) is 13.8. The van der Waals surface area contributed by atoms with Gasteiger partial charge in [-0.2, -0.15) is 0 Å². The molecule has 0 spiro atoms. The molecular formula is C64H62BN3OS. The van der Waals surface area contributed by atoms with E-state index in [1.807, 2.05) is 11.3 Å². The Kier molecular flexibility index (Phi) is 8.40. The van der Waals surface area contributed by atoms with Crippen LogP contribution in [0.5, 0.6) is 0 Å². The number of nitrogens with zero attached hydrogens (tertiary/aromatic N) is 3. The van der Waals surface area contributed by atoms with Crippen LogP contribution in [0, 0.1) is 0 Å². The van der Waals surface area contributed by atoms with Gasteiger partial charge in [0.25, 0.3) is 6.71 Å². The summed E-state index contributed by atoms with van der Waals surface area (Å²) in [5.41, 5.74) is 20.3. The lowest BCUT2D eigenvalue weighted by atomic mass is 9.33. The Morgan fingerprint density at radius 3 is 2.03 bits per heavy atom. The van der Waals surface area contributed by atoms with E-state index in [-0.39, 0.29) is 33.9 Å². The molecule has 70 heavy (non-hydrogen) atoms. The van der Waals surface area contributed by atoms with Crippen LogP contribution < -0.4 is 26.2 Å². The summed E-state index contributed by atoms with van der Waals surface area (Å²) in [7, 11) is 0. The van der Waals surface area contributed by atoms with Crippen LogP contribution in [0.25, 0.3) is 58.8 Å². The molecule has 14 rings (SSSR count). The lowest BCUT2D eigenvalue weighted by molar-refractivity contribution is 0.195. The molecule has 10 aromatic rings. The highest BCUT2D eigenvalue weighted by atomic mass is 32.1. The Bertz CT molecular complexity index is 3920. The van der Waals surface area contributed by atoms with Crippen LogP contribution >= 0.6 is 11.3 Å². The molecule has 6 heteroatoms. The lowest BCUT2D eigenvalue weighted by Gasteiger charge is -2.50. The molecule has 0 radical (unpaired) electrons. The van der Waals surface area contributed by atoms with Crippen LogP contribution in [0.4, 0.5) is 28.4 Å². The second-order valence-electron chi connectivity index (χ2n) is 24.9. The number of hydrogen-bond donors (Lipinski definition) is 0. The van der Waals surface area contributed by atoms with Crippen LogP contribution in [-0.4, -0.2) is 16.8 Å². The zero-order chi connectivity index (χ0) is 48.2. The highest BCUT2D eigenvalue weighted by molar-refractivity contribution is 7.26. The number of benzene rings is 7. The van der Waals surface area contributed by atoms with Crippen molar-refractivity contribution < 1.29 is 4.42 Å². The molecule has 1 fully saturated rings. The van der Waals surface area contributed by atoms with Crippen molar-refractivity contribution in [1.82, 2.24) is 4.57 Å². The highest BCUT2D eigenvalue weighted by Crippen LogP contribution is 2.62. The zero-order valence-corrected chi connectivity index (χ0v) is 43.5. The van der Waals surface area contributed by atoms with Crippen LogP contribution in [0.2, 0.25) is 0 Å². The molecule has 7 aromatic carbocycles. The number of para-hydroxylation sites is 1. The Balaban J connectivity index is 1.13.